The number of rotatable bonds is 7. The van der Waals surface area contributed by atoms with Crippen molar-refractivity contribution in [3.8, 4) is 5.75 Å². The molecule has 2 fully saturated rings. The first-order valence-corrected chi connectivity index (χ1v) is 24.7. The van der Waals surface area contributed by atoms with Crippen LogP contribution in [0.2, 0.25) is 36.3 Å². The van der Waals surface area contributed by atoms with E-state index in [9.17, 15) is 4.79 Å². The maximum absolute atomic E-state index is 13.9. The molecule has 4 aliphatic carbocycles. The number of hydrogen-bond acceptors (Lipinski definition) is 5. The van der Waals surface area contributed by atoms with Crippen LogP contribution in [0, 0.1) is 22.7 Å². The van der Waals surface area contributed by atoms with Gasteiger partial charge in [0.2, 0.25) is 0 Å². The molecule has 7 heteroatoms. The molecule has 47 heavy (non-hydrogen) atoms. The number of carbonyl (C=O) groups excluding carboxylic acids is 1. The molecule has 0 N–H and O–H groups in total. The van der Waals surface area contributed by atoms with Crippen LogP contribution in [0.4, 0.5) is 4.79 Å². The predicted molar refractivity (Wildman–Crippen MR) is 204 cm³/mol. The first-order chi connectivity index (χ1) is 21.6. The van der Waals surface area contributed by atoms with Gasteiger partial charge >= 0.3 is 5.30 Å². The van der Waals surface area contributed by atoms with Gasteiger partial charge in [0.25, 0.3) is 0 Å². The van der Waals surface area contributed by atoms with Crippen molar-refractivity contribution < 1.29 is 18.4 Å². The van der Waals surface area contributed by atoms with E-state index in [1.807, 2.05) is 30.3 Å². The number of benzene rings is 1. The highest BCUT2D eigenvalue weighted by molar-refractivity contribution is 8.14. The van der Waals surface area contributed by atoms with Crippen LogP contribution in [0.1, 0.15) is 101 Å². The van der Waals surface area contributed by atoms with E-state index < -0.39 is 21.6 Å². The molecule has 0 spiro atoms. The molecule has 0 saturated heterocycles. The van der Waals surface area contributed by atoms with E-state index >= 15 is 0 Å². The minimum Gasteiger partial charge on any atom is -0.418 e. The Morgan fingerprint density at radius 3 is 2.17 bits per heavy atom. The van der Waals surface area contributed by atoms with Crippen LogP contribution in [0.15, 0.2) is 65.3 Å². The normalized spacial score (nSPS) is 32.8. The van der Waals surface area contributed by atoms with Gasteiger partial charge in [-0.15, -0.1) is 0 Å². The van der Waals surface area contributed by atoms with Crippen LogP contribution in [-0.2, 0) is 8.85 Å². The second kappa shape index (κ2) is 12.4. The van der Waals surface area contributed by atoms with E-state index in [1.165, 1.54) is 30.2 Å². The maximum Gasteiger partial charge on any atom is 0.375 e. The minimum absolute atomic E-state index is 0.0191. The van der Waals surface area contributed by atoms with Gasteiger partial charge < -0.3 is 13.6 Å². The Labute approximate surface area is 292 Å². The zero-order valence-electron chi connectivity index (χ0n) is 31.6. The molecule has 0 bridgehead atoms. The topological polar surface area (TPSA) is 44.8 Å². The molecule has 4 aliphatic rings. The summed E-state index contributed by atoms with van der Waals surface area (Å²) in [5, 5.41) is -0.277. The Kier molecular flexibility index (Phi) is 9.76. The lowest BCUT2D eigenvalue weighted by Gasteiger charge is -2.61. The average molecular weight is 695 g/mol. The van der Waals surface area contributed by atoms with Gasteiger partial charge in [-0.05, 0) is 103 Å². The van der Waals surface area contributed by atoms with Gasteiger partial charge in [0.1, 0.15) is 10.7 Å². The monoisotopic (exact) mass is 694 g/mol. The number of carbonyl (C=O) groups is 1. The molecule has 0 heterocycles. The van der Waals surface area contributed by atoms with E-state index in [-0.39, 0.29) is 32.3 Å². The number of allylic oxidation sites excluding steroid dienone is 5. The zero-order valence-corrected chi connectivity index (χ0v) is 34.5. The molecular formula is C40H62O4SSi2. The fourth-order valence-corrected chi connectivity index (χ4v) is 13.0. The van der Waals surface area contributed by atoms with Crippen molar-refractivity contribution in [1.29, 1.82) is 0 Å². The number of fused-ring (bicyclic) bond motifs is 5. The summed E-state index contributed by atoms with van der Waals surface area (Å²) in [5.41, 5.74) is 4.75. The highest BCUT2D eigenvalue weighted by atomic mass is 32.2. The van der Waals surface area contributed by atoms with Crippen LogP contribution in [-0.4, -0.2) is 33.0 Å². The van der Waals surface area contributed by atoms with Crippen LogP contribution in [0.25, 0.3) is 0 Å². The van der Waals surface area contributed by atoms with E-state index in [0.29, 0.717) is 30.4 Å². The summed E-state index contributed by atoms with van der Waals surface area (Å²) in [6, 6.07) is 9.43. The molecule has 4 nitrogen and oxygen atoms in total. The lowest BCUT2D eigenvalue weighted by Crippen LogP contribution is -2.61. The fourth-order valence-electron chi connectivity index (χ4n) is 8.48. The average Bonchev–Trinajstić information content (AvgIpc) is 3.29. The summed E-state index contributed by atoms with van der Waals surface area (Å²) in [6.45, 7) is 30.6. The quantitative estimate of drug-likeness (QED) is 0.123. The van der Waals surface area contributed by atoms with Crippen LogP contribution in [0.3, 0.4) is 0 Å². The highest BCUT2D eigenvalue weighted by Gasteiger charge is 2.62. The Morgan fingerprint density at radius 1 is 0.936 bits per heavy atom. The zero-order chi connectivity index (χ0) is 34.8. The van der Waals surface area contributed by atoms with Gasteiger partial charge in [0.15, 0.2) is 16.6 Å². The maximum atomic E-state index is 13.9. The third-order valence-corrected chi connectivity index (χ3v) is 23.6. The smallest absolute Gasteiger partial charge is 0.375 e. The van der Waals surface area contributed by atoms with Gasteiger partial charge in [-0.25, -0.2) is 4.79 Å². The first kappa shape index (κ1) is 36.9. The van der Waals surface area contributed by atoms with Crippen LogP contribution >= 0.6 is 11.8 Å². The standard InChI is InChI=1S/C40H62O4SSi2/c1-14-28-21-23-32-31-22-20-29-26-40(44-47(12,13)37(5,6)7,45-35(41)42-30-18-16-15-17-19-30)27-34(43-46(10,11)36(2,3)4)39(29,9)33(31)24-25-38(28,32)8/h15-22,32-34H,14,23-27H2,1-13H3/t32-,33-,34-,38+,39-,40-/m0/s1. The number of ether oxygens (including phenoxy) is 1. The van der Waals surface area contributed by atoms with Crippen molar-refractivity contribution >= 4 is 33.7 Å². The molecule has 0 unspecified atom stereocenters. The van der Waals surface area contributed by atoms with Crippen molar-refractivity contribution in [3.63, 3.8) is 0 Å². The van der Waals surface area contributed by atoms with Gasteiger partial charge in [-0.1, -0.05) is 115 Å². The van der Waals surface area contributed by atoms with Crippen molar-refractivity contribution in [2.75, 3.05) is 0 Å². The largest absolute Gasteiger partial charge is 0.418 e. The van der Waals surface area contributed by atoms with E-state index in [4.69, 9.17) is 13.6 Å². The van der Waals surface area contributed by atoms with Crippen molar-refractivity contribution in [2.45, 2.75) is 148 Å². The summed E-state index contributed by atoms with van der Waals surface area (Å²) < 4.78 is 21.1. The molecule has 0 aromatic heterocycles. The van der Waals surface area contributed by atoms with Crippen molar-refractivity contribution in [2.24, 2.45) is 22.7 Å². The van der Waals surface area contributed by atoms with Crippen LogP contribution in [0.5, 0.6) is 5.75 Å². The van der Waals surface area contributed by atoms with E-state index in [0.717, 1.165) is 12.8 Å². The predicted octanol–water partition coefficient (Wildman–Crippen LogP) is 12.5. The Morgan fingerprint density at radius 2 is 1.57 bits per heavy atom. The first-order valence-electron chi connectivity index (χ1n) is 18.0. The minimum atomic E-state index is -2.33. The Bertz CT molecular complexity index is 1450. The molecule has 6 atom stereocenters. The summed E-state index contributed by atoms with van der Waals surface area (Å²) >= 11 is 1.26. The second-order valence-electron chi connectivity index (χ2n) is 18.3. The second-order valence-corrected chi connectivity index (χ2v) is 29.1. The molecule has 0 aliphatic heterocycles. The number of para-hydroxylation sites is 1. The van der Waals surface area contributed by atoms with Crippen molar-refractivity contribution in [1.82, 2.24) is 0 Å². The molecule has 5 rings (SSSR count). The lowest BCUT2D eigenvalue weighted by atomic mass is 9.49. The molecule has 0 radical (unpaired) electrons. The van der Waals surface area contributed by atoms with Gasteiger partial charge in [0.05, 0.1) is 6.10 Å². The number of hydrogen-bond donors (Lipinski definition) is 0. The molecule has 0 amide bonds. The van der Waals surface area contributed by atoms with Gasteiger partial charge in [-0.3, -0.25) is 0 Å². The number of thioether (sulfide) groups is 1. The third kappa shape index (κ3) is 6.62. The summed E-state index contributed by atoms with van der Waals surface area (Å²) in [7, 11) is -4.54. The fraction of sp³-hybridized carbons (Fsp3) is 0.675. The van der Waals surface area contributed by atoms with E-state index in [2.05, 4.69) is 107 Å². The molecule has 1 aromatic rings. The molecule has 260 valence electrons. The summed E-state index contributed by atoms with van der Waals surface area (Å²) in [6.07, 6.45) is 13.4. The SMILES string of the molecule is CCC1=CC[C@H]2C3=CC=C4C[C@](O[Si](C)(C)C(C)(C)C)(SC(=O)Oc5ccccc5)C[C@H](O[Si](C)(C)C(C)(C)C)[C@]4(C)[C@H]3CC[C@]12C. The third-order valence-electron chi connectivity index (χ3n) is 13.5. The lowest BCUT2D eigenvalue weighted by molar-refractivity contribution is -0.0486. The summed E-state index contributed by atoms with van der Waals surface area (Å²) in [4.78, 5) is 13.1. The molecule has 2 saturated carbocycles. The van der Waals surface area contributed by atoms with E-state index in [1.54, 1.807) is 11.1 Å². The van der Waals surface area contributed by atoms with Crippen LogP contribution < -0.4 is 4.74 Å². The molecule has 1 aromatic carbocycles. The Hall–Kier alpha value is -1.39. The highest BCUT2D eigenvalue weighted by Crippen LogP contribution is 2.67. The van der Waals surface area contributed by atoms with Gasteiger partial charge in [0, 0.05) is 18.3 Å². The molecular weight excluding hydrogens is 633 g/mol. The van der Waals surface area contributed by atoms with Crippen molar-refractivity contribution in [3.05, 3.63) is 65.3 Å². The Balaban J connectivity index is 1.62. The van der Waals surface area contributed by atoms with Gasteiger partial charge in [-0.2, -0.15) is 0 Å². The summed E-state index contributed by atoms with van der Waals surface area (Å²) in [5.74, 6) is 1.55.